The maximum atomic E-state index is 6.43. The van der Waals surface area contributed by atoms with Crippen molar-refractivity contribution in [3.05, 3.63) is 23.5 Å². The summed E-state index contributed by atoms with van der Waals surface area (Å²) in [7, 11) is 0. The van der Waals surface area contributed by atoms with Crippen molar-refractivity contribution in [2.45, 2.75) is 58.0 Å². The van der Waals surface area contributed by atoms with Gasteiger partial charge in [0.15, 0.2) is 0 Å². The summed E-state index contributed by atoms with van der Waals surface area (Å²) in [6.45, 7) is 4.76. The van der Waals surface area contributed by atoms with E-state index in [1.807, 2.05) is 0 Å². The lowest BCUT2D eigenvalue weighted by Gasteiger charge is -2.35. The van der Waals surface area contributed by atoms with Crippen molar-refractivity contribution in [2.75, 3.05) is 0 Å². The molecule has 0 radical (unpaired) electrons. The van der Waals surface area contributed by atoms with E-state index in [0.29, 0.717) is 5.41 Å². The summed E-state index contributed by atoms with van der Waals surface area (Å²) in [5.74, 6) is 4.15. The summed E-state index contributed by atoms with van der Waals surface area (Å²) in [6, 6.07) is 3.42. The van der Waals surface area contributed by atoms with Gasteiger partial charge in [0, 0.05) is 24.0 Å². The molecule has 0 spiro atoms. The predicted octanol–water partition coefficient (Wildman–Crippen LogP) is 3.68. The molecule has 108 valence electrons. The molecule has 1 heterocycles. The van der Waals surface area contributed by atoms with Crippen molar-refractivity contribution in [3.8, 4) is 0 Å². The number of rotatable bonds is 1. The Labute approximate surface area is 121 Å². The molecule has 5 rings (SSSR count). The molecular formula is C18H26N2. The molecule has 20 heavy (non-hydrogen) atoms. The van der Waals surface area contributed by atoms with Crippen molar-refractivity contribution >= 4 is 0 Å². The molecule has 2 heteroatoms. The minimum absolute atomic E-state index is 0.255. The second-order valence-electron chi connectivity index (χ2n) is 8.76. The van der Waals surface area contributed by atoms with Gasteiger partial charge in [0.05, 0.1) is 0 Å². The monoisotopic (exact) mass is 270 g/mol. The molecule has 0 saturated heterocycles. The van der Waals surface area contributed by atoms with Crippen molar-refractivity contribution < 1.29 is 0 Å². The Morgan fingerprint density at radius 3 is 2.60 bits per heavy atom. The first-order valence-corrected chi connectivity index (χ1v) is 8.50. The van der Waals surface area contributed by atoms with E-state index in [-0.39, 0.29) is 6.04 Å². The van der Waals surface area contributed by atoms with Gasteiger partial charge in [0.2, 0.25) is 0 Å². The zero-order chi connectivity index (χ0) is 13.6. The van der Waals surface area contributed by atoms with Crippen LogP contribution < -0.4 is 5.73 Å². The Bertz CT molecular complexity index is 554. The van der Waals surface area contributed by atoms with Crippen molar-refractivity contribution in [3.63, 3.8) is 0 Å². The minimum Gasteiger partial charge on any atom is -0.347 e. The summed E-state index contributed by atoms with van der Waals surface area (Å²) in [6.07, 6.45) is 9.28. The quantitative estimate of drug-likeness (QED) is 0.829. The predicted molar refractivity (Wildman–Crippen MR) is 80.3 cm³/mol. The van der Waals surface area contributed by atoms with Gasteiger partial charge in [-0.1, -0.05) is 13.8 Å². The maximum Gasteiger partial charge on any atom is 0.0402 e. The zero-order valence-corrected chi connectivity index (χ0v) is 12.7. The summed E-state index contributed by atoms with van der Waals surface area (Å²) < 4.78 is 2.66. The van der Waals surface area contributed by atoms with Gasteiger partial charge in [0.25, 0.3) is 0 Å². The van der Waals surface area contributed by atoms with Gasteiger partial charge in [-0.15, -0.1) is 0 Å². The van der Waals surface area contributed by atoms with Crippen molar-refractivity contribution in [2.24, 2.45) is 34.8 Å². The Morgan fingerprint density at radius 2 is 1.90 bits per heavy atom. The molecule has 1 aromatic rings. The van der Waals surface area contributed by atoms with Crippen LogP contribution in [0.5, 0.6) is 0 Å². The van der Waals surface area contributed by atoms with Gasteiger partial charge in [-0.3, -0.25) is 0 Å². The van der Waals surface area contributed by atoms with E-state index < -0.39 is 0 Å². The topological polar surface area (TPSA) is 30.9 Å². The molecule has 5 atom stereocenters. The minimum atomic E-state index is 0.255. The lowest BCUT2D eigenvalue weighted by Crippen LogP contribution is -2.30. The first kappa shape index (κ1) is 11.9. The third-order valence-corrected chi connectivity index (χ3v) is 6.89. The van der Waals surface area contributed by atoms with Crippen LogP contribution in [0.2, 0.25) is 0 Å². The first-order chi connectivity index (χ1) is 9.55. The number of nitrogens with two attached hydrogens (primary N) is 1. The number of fused-ring (bicyclic) bond motifs is 6. The number of hydrogen-bond acceptors (Lipinski definition) is 1. The normalized spacial score (nSPS) is 47.1. The van der Waals surface area contributed by atoms with Crippen LogP contribution in [0, 0.1) is 29.1 Å². The van der Waals surface area contributed by atoms with Crippen LogP contribution in [-0.2, 0) is 6.42 Å². The molecule has 4 aliphatic rings. The fourth-order valence-electron chi connectivity index (χ4n) is 6.19. The van der Waals surface area contributed by atoms with Gasteiger partial charge in [-0.2, -0.15) is 0 Å². The molecule has 2 bridgehead atoms. The third-order valence-electron chi connectivity index (χ3n) is 6.89. The van der Waals surface area contributed by atoms with E-state index in [9.17, 15) is 0 Å². The molecule has 3 fully saturated rings. The average Bonchev–Trinajstić information content (AvgIpc) is 2.77. The van der Waals surface area contributed by atoms with E-state index in [0.717, 1.165) is 36.1 Å². The summed E-state index contributed by atoms with van der Waals surface area (Å²) >= 11 is 0. The highest BCUT2D eigenvalue weighted by molar-refractivity contribution is 5.33. The number of nitrogens with zero attached hydrogens (tertiary/aromatic N) is 1. The molecule has 0 aromatic carbocycles. The van der Waals surface area contributed by atoms with Gasteiger partial charge in [-0.25, -0.2) is 0 Å². The first-order valence-electron chi connectivity index (χ1n) is 8.50. The maximum absolute atomic E-state index is 6.43. The van der Waals surface area contributed by atoms with Gasteiger partial charge >= 0.3 is 0 Å². The van der Waals surface area contributed by atoms with Crippen LogP contribution in [0.3, 0.4) is 0 Å². The molecule has 0 amide bonds. The van der Waals surface area contributed by atoms with E-state index >= 15 is 0 Å². The smallest absolute Gasteiger partial charge is 0.0402 e. The highest BCUT2D eigenvalue weighted by Crippen LogP contribution is 2.71. The molecule has 5 unspecified atom stereocenters. The van der Waals surface area contributed by atoms with E-state index in [1.165, 1.54) is 24.8 Å². The lowest BCUT2D eigenvalue weighted by molar-refractivity contribution is 0.272. The van der Waals surface area contributed by atoms with Crippen LogP contribution in [0.25, 0.3) is 0 Å². The molecule has 2 nitrogen and oxygen atoms in total. The lowest BCUT2D eigenvalue weighted by atomic mass is 9.74. The zero-order valence-electron chi connectivity index (χ0n) is 12.7. The van der Waals surface area contributed by atoms with Crippen molar-refractivity contribution in [1.29, 1.82) is 0 Å². The third kappa shape index (κ3) is 1.39. The summed E-state index contributed by atoms with van der Waals surface area (Å²) in [5.41, 5.74) is 9.81. The van der Waals surface area contributed by atoms with Crippen molar-refractivity contribution in [1.82, 2.24) is 4.57 Å². The Balaban J connectivity index is 1.52. The van der Waals surface area contributed by atoms with Gasteiger partial charge < -0.3 is 10.3 Å². The van der Waals surface area contributed by atoms with Gasteiger partial charge in [-0.05, 0) is 72.8 Å². The fourth-order valence-corrected chi connectivity index (χ4v) is 6.19. The fraction of sp³-hybridized carbons (Fsp3) is 0.778. The molecule has 2 N–H and O–H groups in total. The Kier molecular flexibility index (Phi) is 2.09. The van der Waals surface area contributed by atoms with E-state index in [1.54, 1.807) is 12.1 Å². The second-order valence-corrected chi connectivity index (χ2v) is 8.76. The van der Waals surface area contributed by atoms with Crippen LogP contribution in [0.15, 0.2) is 12.3 Å². The van der Waals surface area contributed by atoms with Crippen LogP contribution in [-0.4, -0.2) is 4.57 Å². The highest BCUT2D eigenvalue weighted by atomic mass is 15.1. The number of aromatic nitrogens is 1. The second kappa shape index (κ2) is 3.52. The highest BCUT2D eigenvalue weighted by Gasteiger charge is 2.66. The van der Waals surface area contributed by atoms with Crippen LogP contribution in [0.4, 0.5) is 0 Å². The van der Waals surface area contributed by atoms with E-state index in [2.05, 4.69) is 30.7 Å². The number of hydrogen-bond donors (Lipinski definition) is 1. The Morgan fingerprint density at radius 1 is 1.20 bits per heavy atom. The van der Waals surface area contributed by atoms with E-state index in [4.69, 9.17) is 5.73 Å². The summed E-state index contributed by atoms with van der Waals surface area (Å²) in [4.78, 5) is 0. The largest absolute Gasteiger partial charge is 0.347 e. The molecular weight excluding hydrogens is 244 g/mol. The van der Waals surface area contributed by atoms with Crippen LogP contribution in [0.1, 0.15) is 62.9 Å². The SMILES string of the molecule is CC1(C)Cc2c(ccn2C2C3C4CCC(C4)C32)C(N)C1. The van der Waals surface area contributed by atoms with Crippen LogP contribution >= 0.6 is 0 Å². The molecule has 1 aromatic heterocycles. The molecule has 3 saturated carbocycles. The standard InChI is InChI=1S/C18H26N2/c1-18(2)8-13(19)12-5-6-20(14(12)9-18)17-15-10-3-4-11(7-10)16(15)17/h5-6,10-11,13,15-17H,3-4,7-9,19H2,1-2H3. The molecule has 4 aliphatic carbocycles. The summed E-state index contributed by atoms with van der Waals surface area (Å²) in [5, 5.41) is 0. The molecule has 0 aliphatic heterocycles. The van der Waals surface area contributed by atoms with Gasteiger partial charge in [0.1, 0.15) is 0 Å². The average molecular weight is 270 g/mol. The Hall–Kier alpha value is -0.760.